The van der Waals surface area contributed by atoms with Gasteiger partial charge in [-0.2, -0.15) is 0 Å². The van der Waals surface area contributed by atoms with Gasteiger partial charge in [0.25, 0.3) is 0 Å². The van der Waals surface area contributed by atoms with Crippen molar-refractivity contribution in [3.8, 4) is 5.75 Å². The maximum absolute atomic E-state index is 11.0. The molecule has 4 heteroatoms. The van der Waals surface area contributed by atoms with E-state index in [0.717, 1.165) is 17.0 Å². The fraction of sp³-hybridized carbons (Fsp3) is 0.417. The van der Waals surface area contributed by atoms with E-state index >= 15 is 0 Å². The molecule has 0 fully saturated rings. The molecule has 0 atom stereocenters. The van der Waals surface area contributed by atoms with E-state index in [1.165, 1.54) is 0 Å². The predicted molar refractivity (Wildman–Crippen MR) is 64.4 cm³/mol. The minimum atomic E-state index is 0.0395. The molecule has 16 heavy (non-hydrogen) atoms. The van der Waals surface area contributed by atoms with Gasteiger partial charge in [-0.25, -0.2) is 0 Å². The minimum Gasteiger partial charge on any atom is -0.493 e. The largest absolute Gasteiger partial charge is 0.493 e. The summed E-state index contributed by atoms with van der Waals surface area (Å²) < 4.78 is 5.55. The number of nitrogens with two attached hydrogens (primary N) is 1. The van der Waals surface area contributed by atoms with Crippen molar-refractivity contribution in [2.45, 2.75) is 19.8 Å². The van der Waals surface area contributed by atoms with Gasteiger partial charge in [0, 0.05) is 19.2 Å². The number of nitrogens with one attached hydrogen (secondary N) is 1. The Balaban J connectivity index is 2.35. The maximum Gasteiger partial charge on any atom is 0.219 e. The number of benzene rings is 1. The highest BCUT2D eigenvalue weighted by molar-refractivity contribution is 5.75. The van der Waals surface area contributed by atoms with Gasteiger partial charge in [0.1, 0.15) is 5.75 Å². The molecule has 0 saturated carbocycles. The van der Waals surface area contributed by atoms with Crippen LogP contribution in [0, 0.1) is 6.92 Å². The molecule has 1 aromatic carbocycles. The van der Waals surface area contributed by atoms with Crippen LogP contribution in [0.1, 0.15) is 18.4 Å². The first-order valence-corrected chi connectivity index (χ1v) is 5.33. The van der Waals surface area contributed by atoms with Crippen molar-refractivity contribution >= 4 is 11.6 Å². The van der Waals surface area contributed by atoms with Crippen LogP contribution in [-0.2, 0) is 4.79 Å². The molecule has 0 heterocycles. The van der Waals surface area contributed by atoms with Gasteiger partial charge in [-0.05, 0) is 37.1 Å². The van der Waals surface area contributed by atoms with Crippen LogP contribution in [0.2, 0.25) is 0 Å². The van der Waals surface area contributed by atoms with Crippen molar-refractivity contribution < 1.29 is 9.53 Å². The molecule has 0 spiro atoms. The molecule has 0 aliphatic carbocycles. The lowest BCUT2D eigenvalue weighted by atomic mass is 10.2. The molecule has 1 aromatic rings. The zero-order valence-electron chi connectivity index (χ0n) is 9.75. The van der Waals surface area contributed by atoms with Crippen molar-refractivity contribution in [1.82, 2.24) is 5.32 Å². The fourth-order valence-corrected chi connectivity index (χ4v) is 1.37. The molecule has 1 rings (SSSR count). The van der Waals surface area contributed by atoms with Crippen molar-refractivity contribution in [2.24, 2.45) is 0 Å². The third-order valence-corrected chi connectivity index (χ3v) is 2.28. The summed E-state index contributed by atoms with van der Waals surface area (Å²) in [5, 5.41) is 2.57. The van der Waals surface area contributed by atoms with E-state index in [1.807, 2.05) is 19.1 Å². The van der Waals surface area contributed by atoms with E-state index in [-0.39, 0.29) is 5.91 Å². The highest BCUT2D eigenvalue weighted by Gasteiger charge is 2.01. The molecule has 0 aromatic heterocycles. The van der Waals surface area contributed by atoms with Gasteiger partial charge < -0.3 is 15.8 Å². The molecule has 0 radical (unpaired) electrons. The van der Waals surface area contributed by atoms with E-state index in [0.29, 0.717) is 19.4 Å². The zero-order valence-corrected chi connectivity index (χ0v) is 9.75. The Hall–Kier alpha value is -1.71. The van der Waals surface area contributed by atoms with Crippen molar-refractivity contribution in [1.29, 1.82) is 0 Å². The summed E-state index contributed by atoms with van der Waals surface area (Å²) in [7, 11) is 1.63. The van der Waals surface area contributed by atoms with Crippen molar-refractivity contribution in [3.05, 3.63) is 23.8 Å². The molecular weight excluding hydrogens is 204 g/mol. The second kappa shape index (κ2) is 6.00. The first-order chi connectivity index (χ1) is 7.63. The molecule has 88 valence electrons. The third kappa shape index (κ3) is 3.81. The maximum atomic E-state index is 11.0. The summed E-state index contributed by atoms with van der Waals surface area (Å²) in [6, 6.07) is 5.53. The highest BCUT2D eigenvalue weighted by Crippen LogP contribution is 2.20. The Bertz CT molecular complexity index is 364. The minimum absolute atomic E-state index is 0.0395. The second-order valence-corrected chi connectivity index (χ2v) is 3.65. The molecule has 0 unspecified atom stereocenters. The number of anilines is 1. The van der Waals surface area contributed by atoms with Crippen LogP contribution in [0.15, 0.2) is 18.2 Å². The lowest BCUT2D eigenvalue weighted by Crippen LogP contribution is -2.18. The molecule has 3 N–H and O–H groups in total. The Kier molecular flexibility index (Phi) is 4.64. The average molecular weight is 222 g/mol. The van der Waals surface area contributed by atoms with Crippen molar-refractivity contribution in [2.75, 3.05) is 19.4 Å². The summed E-state index contributed by atoms with van der Waals surface area (Å²) in [4.78, 5) is 11.0. The van der Waals surface area contributed by atoms with Crippen LogP contribution in [0.3, 0.4) is 0 Å². The van der Waals surface area contributed by atoms with Crippen LogP contribution < -0.4 is 15.8 Å². The van der Waals surface area contributed by atoms with Gasteiger partial charge >= 0.3 is 0 Å². The van der Waals surface area contributed by atoms with Crippen molar-refractivity contribution in [3.63, 3.8) is 0 Å². The van der Waals surface area contributed by atoms with Crippen LogP contribution in [-0.4, -0.2) is 19.6 Å². The monoisotopic (exact) mass is 222 g/mol. The molecule has 0 aliphatic rings. The molecule has 1 amide bonds. The van der Waals surface area contributed by atoms with Gasteiger partial charge in [-0.3, -0.25) is 4.79 Å². The fourth-order valence-electron chi connectivity index (χ4n) is 1.37. The van der Waals surface area contributed by atoms with E-state index in [2.05, 4.69) is 5.32 Å². The zero-order chi connectivity index (χ0) is 12.0. The second-order valence-electron chi connectivity index (χ2n) is 3.65. The van der Waals surface area contributed by atoms with Crippen LogP contribution in [0.5, 0.6) is 5.75 Å². The third-order valence-electron chi connectivity index (χ3n) is 2.28. The number of amides is 1. The highest BCUT2D eigenvalue weighted by atomic mass is 16.5. The number of carbonyl (C=O) groups excluding carboxylic acids is 1. The van der Waals surface area contributed by atoms with Gasteiger partial charge in [-0.1, -0.05) is 0 Å². The van der Waals surface area contributed by atoms with E-state index in [4.69, 9.17) is 10.5 Å². The summed E-state index contributed by atoms with van der Waals surface area (Å²) in [6.45, 7) is 2.49. The average Bonchev–Trinajstić information content (AvgIpc) is 2.26. The number of ether oxygens (including phenoxy) is 1. The van der Waals surface area contributed by atoms with Gasteiger partial charge in [0.2, 0.25) is 5.91 Å². The van der Waals surface area contributed by atoms with Gasteiger partial charge in [0.15, 0.2) is 0 Å². The molecule has 0 saturated heterocycles. The SMILES string of the molecule is CNC(=O)CCCOc1ccc(N)cc1C. The lowest BCUT2D eigenvalue weighted by Gasteiger charge is -2.09. The Morgan fingerprint density at radius 2 is 2.25 bits per heavy atom. The Morgan fingerprint density at radius 1 is 1.50 bits per heavy atom. The summed E-state index contributed by atoms with van der Waals surface area (Å²) in [5.41, 5.74) is 7.38. The number of hydrogen-bond donors (Lipinski definition) is 2. The summed E-state index contributed by atoms with van der Waals surface area (Å²) >= 11 is 0. The quantitative estimate of drug-likeness (QED) is 0.586. The first kappa shape index (κ1) is 12.4. The predicted octanol–water partition coefficient (Wildman–Crippen LogP) is 1.48. The van der Waals surface area contributed by atoms with Crippen LogP contribution in [0.25, 0.3) is 0 Å². The molecule has 0 aliphatic heterocycles. The Labute approximate surface area is 95.8 Å². The first-order valence-electron chi connectivity index (χ1n) is 5.33. The number of hydrogen-bond acceptors (Lipinski definition) is 3. The van der Waals surface area contributed by atoms with E-state index in [1.54, 1.807) is 13.1 Å². The van der Waals surface area contributed by atoms with Gasteiger partial charge in [0.05, 0.1) is 6.61 Å². The number of rotatable bonds is 5. The number of aryl methyl sites for hydroxylation is 1. The van der Waals surface area contributed by atoms with Crippen LogP contribution in [0.4, 0.5) is 5.69 Å². The molecular formula is C12H18N2O2. The lowest BCUT2D eigenvalue weighted by molar-refractivity contribution is -0.120. The van der Waals surface area contributed by atoms with E-state index in [9.17, 15) is 4.79 Å². The smallest absolute Gasteiger partial charge is 0.219 e. The Morgan fingerprint density at radius 3 is 2.88 bits per heavy atom. The normalized spacial score (nSPS) is 9.88. The van der Waals surface area contributed by atoms with Gasteiger partial charge in [-0.15, -0.1) is 0 Å². The summed E-state index contributed by atoms with van der Waals surface area (Å²) in [6.07, 6.45) is 1.20. The van der Waals surface area contributed by atoms with Crippen LogP contribution >= 0.6 is 0 Å². The molecule has 4 nitrogen and oxygen atoms in total. The number of nitrogen functional groups attached to an aromatic ring is 1. The van der Waals surface area contributed by atoms with E-state index < -0.39 is 0 Å². The number of carbonyl (C=O) groups is 1. The standard InChI is InChI=1S/C12H18N2O2/c1-9-8-10(13)5-6-11(9)16-7-3-4-12(15)14-2/h5-6,8H,3-4,7,13H2,1-2H3,(H,14,15). The topological polar surface area (TPSA) is 64.3 Å². The molecule has 0 bridgehead atoms. The summed E-state index contributed by atoms with van der Waals surface area (Å²) in [5.74, 6) is 0.865.